The van der Waals surface area contributed by atoms with Crippen LogP contribution in [-0.4, -0.2) is 38.9 Å². The number of aromatic nitrogens is 4. The van der Waals surface area contributed by atoms with Crippen molar-refractivity contribution in [3.63, 3.8) is 0 Å². The van der Waals surface area contributed by atoms with E-state index in [0.717, 1.165) is 33.3 Å². The summed E-state index contributed by atoms with van der Waals surface area (Å²) in [7, 11) is 1.58. The standard InChI is InChI=1S/C23H21N5O3S/c1-12-15(13(2)28-22(24-12)26-23(27-28)32-4)10-21(29)25-17-11-19-16(9-20(17)30-3)14-7-5-6-8-18(14)31-19/h5-9,11H,10H2,1-4H3,(H,25,29). The third kappa shape index (κ3) is 3.34. The lowest BCUT2D eigenvalue weighted by atomic mass is 10.1. The summed E-state index contributed by atoms with van der Waals surface area (Å²) in [5, 5.41) is 10.00. The topological polar surface area (TPSA) is 94.5 Å². The molecule has 0 unspecified atom stereocenters. The minimum Gasteiger partial charge on any atom is -0.495 e. The van der Waals surface area contributed by atoms with E-state index >= 15 is 0 Å². The van der Waals surface area contributed by atoms with Gasteiger partial charge < -0.3 is 14.5 Å². The maximum Gasteiger partial charge on any atom is 0.253 e. The van der Waals surface area contributed by atoms with Crippen molar-refractivity contribution < 1.29 is 13.9 Å². The molecule has 0 radical (unpaired) electrons. The Bertz CT molecular complexity index is 1500. The van der Waals surface area contributed by atoms with E-state index in [1.54, 1.807) is 17.7 Å². The van der Waals surface area contributed by atoms with E-state index in [2.05, 4.69) is 20.4 Å². The van der Waals surface area contributed by atoms with Crippen molar-refractivity contribution in [3.8, 4) is 5.75 Å². The number of fused-ring (bicyclic) bond motifs is 4. The quantitative estimate of drug-likeness (QED) is 0.395. The Morgan fingerprint density at radius 1 is 1.16 bits per heavy atom. The average molecular weight is 448 g/mol. The molecule has 32 heavy (non-hydrogen) atoms. The van der Waals surface area contributed by atoms with Crippen LogP contribution in [0.25, 0.3) is 27.7 Å². The lowest BCUT2D eigenvalue weighted by molar-refractivity contribution is -0.115. The van der Waals surface area contributed by atoms with E-state index in [9.17, 15) is 4.79 Å². The van der Waals surface area contributed by atoms with Gasteiger partial charge in [0.1, 0.15) is 16.9 Å². The van der Waals surface area contributed by atoms with Crippen molar-refractivity contribution >= 4 is 51.1 Å². The predicted octanol–water partition coefficient (Wildman–Crippen LogP) is 4.55. The molecule has 5 aromatic rings. The molecule has 3 heterocycles. The molecular formula is C23H21N5O3S. The molecule has 9 heteroatoms. The van der Waals surface area contributed by atoms with Crippen molar-refractivity contribution in [1.82, 2.24) is 19.6 Å². The summed E-state index contributed by atoms with van der Waals surface area (Å²) in [5.41, 5.74) is 4.44. The zero-order valence-electron chi connectivity index (χ0n) is 18.1. The number of carbonyl (C=O) groups excluding carboxylic acids is 1. The number of thioether (sulfide) groups is 1. The minimum absolute atomic E-state index is 0.149. The third-order valence-corrected chi connectivity index (χ3v) is 6.06. The van der Waals surface area contributed by atoms with Crippen LogP contribution in [0.1, 0.15) is 17.0 Å². The molecule has 5 rings (SSSR count). The van der Waals surface area contributed by atoms with E-state index in [0.29, 0.717) is 28.0 Å². The summed E-state index contributed by atoms with van der Waals surface area (Å²) in [6.45, 7) is 3.80. The number of anilines is 1. The molecule has 0 saturated carbocycles. The summed E-state index contributed by atoms with van der Waals surface area (Å²) in [5.74, 6) is 0.919. The van der Waals surface area contributed by atoms with Gasteiger partial charge >= 0.3 is 0 Å². The van der Waals surface area contributed by atoms with Crippen LogP contribution in [0.15, 0.2) is 46.0 Å². The van der Waals surface area contributed by atoms with E-state index in [4.69, 9.17) is 9.15 Å². The van der Waals surface area contributed by atoms with Crippen molar-refractivity contribution in [2.45, 2.75) is 25.4 Å². The molecule has 1 amide bonds. The summed E-state index contributed by atoms with van der Waals surface area (Å²) >= 11 is 1.45. The fourth-order valence-corrected chi connectivity index (χ4v) is 4.24. The minimum atomic E-state index is -0.184. The van der Waals surface area contributed by atoms with Gasteiger partial charge in [0.05, 0.1) is 19.2 Å². The first-order chi connectivity index (χ1) is 15.5. The van der Waals surface area contributed by atoms with Crippen molar-refractivity contribution in [1.29, 1.82) is 0 Å². The molecule has 0 saturated heterocycles. The third-order valence-electron chi connectivity index (χ3n) is 5.52. The van der Waals surface area contributed by atoms with Crippen molar-refractivity contribution in [3.05, 3.63) is 53.3 Å². The summed E-state index contributed by atoms with van der Waals surface area (Å²) in [6.07, 6.45) is 2.06. The van der Waals surface area contributed by atoms with Crippen LogP contribution in [0.2, 0.25) is 0 Å². The predicted molar refractivity (Wildman–Crippen MR) is 125 cm³/mol. The molecule has 162 valence electrons. The molecule has 3 aromatic heterocycles. The maximum absolute atomic E-state index is 13.0. The second-order valence-corrected chi connectivity index (χ2v) is 8.22. The Morgan fingerprint density at radius 3 is 2.75 bits per heavy atom. The van der Waals surface area contributed by atoms with Crippen molar-refractivity contribution in [2.75, 3.05) is 18.7 Å². The van der Waals surface area contributed by atoms with Gasteiger partial charge in [-0.05, 0) is 32.2 Å². The van der Waals surface area contributed by atoms with Crippen LogP contribution in [0, 0.1) is 13.8 Å². The molecule has 0 aliphatic rings. The fourth-order valence-electron chi connectivity index (χ4n) is 3.91. The van der Waals surface area contributed by atoms with Crippen LogP contribution in [0.5, 0.6) is 5.75 Å². The molecule has 2 aromatic carbocycles. The summed E-state index contributed by atoms with van der Waals surface area (Å²) in [6, 6.07) is 11.5. The van der Waals surface area contributed by atoms with Gasteiger partial charge in [0.25, 0.3) is 5.78 Å². The molecular weight excluding hydrogens is 426 g/mol. The van der Waals surface area contributed by atoms with Gasteiger partial charge in [-0.15, -0.1) is 5.10 Å². The van der Waals surface area contributed by atoms with Crippen LogP contribution in [-0.2, 0) is 11.2 Å². The highest BCUT2D eigenvalue weighted by molar-refractivity contribution is 7.98. The first-order valence-corrected chi connectivity index (χ1v) is 11.3. The molecule has 0 bridgehead atoms. The Balaban J connectivity index is 1.48. The van der Waals surface area contributed by atoms with Crippen molar-refractivity contribution in [2.24, 2.45) is 0 Å². The maximum atomic E-state index is 13.0. The SMILES string of the molecule is COc1cc2c(cc1NC(=O)Cc1c(C)nc3nc(SC)nn3c1C)oc1ccccc12. The molecule has 0 aliphatic carbocycles. The highest BCUT2D eigenvalue weighted by atomic mass is 32.2. The van der Waals surface area contributed by atoms with E-state index in [1.165, 1.54) is 11.8 Å². The van der Waals surface area contributed by atoms with Crippen LogP contribution < -0.4 is 10.1 Å². The fraction of sp³-hybridized carbons (Fsp3) is 0.217. The summed E-state index contributed by atoms with van der Waals surface area (Å²) < 4.78 is 13.2. The number of ether oxygens (including phenoxy) is 1. The van der Waals surface area contributed by atoms with Crippen LogP contribution in [0.4, 0.5) is 5.69 Å². The average Bonchev–Trinajstić information content (AvgIpc) is 3.36. The molecule has 0 spiro atoms. The zero-order valence-corrected chi connectivity index (χ0v) is 18.9. The number of amides is 1. The second-order valence-electron chi connectivity index (χ2n) is 7.44. The van der Waals surface area contributed by atoms with Gasteiger partial charge in [-0.3, -0.25) is 4.79 Å². The number of nitrogens with zero attached hydrogens (tertiary/aromatic N) is 4. The number of methoxy groups -OCH3 is 1. The largest absolute Gasteiger partial charge is 0.495 e. The number of rotatable bonds is 5. The van der Waals surface area contributed by atoms with E-state index in [-0.39, 0.29) is 12.3 Å². The first kappa shape index (κ1) is 20.3. The number of hydrogen-bond acceptors (Lipinski definition) is 7. The number of furan rings is 1. The number of aryl methyl sites for hydroxylation is 2. The lowest BCUT2D eigenvalue weighted by Crippen LogP contribution is -2.18. The number of hydrogen-bond donors (Lipinski definition) is 1. The number of benzene rings is 2. The normalized spacial score (nSPS) is 11.5. The highest BCUT2D eigenvalue weighted by Crippen LogP contribution is 2.36. The monoisotopic (exact) mass is 447 g/mol. The van der Waals surface area contributed by atoms with Crippen LogP contribution >= 0.6 is 11.8 Å². The number of para-hydroxylation sites is 1. The van der Waals surface area contributed by atoms with Gasteiger partial charge in [0.2, 0.25) is 11.1 Å². The lowest BCUT2D eigenvalue weighted by Gasteiger charge is -2.13. The van der Waals surface area contributed by atoms with Crippen LogP contribution in [0.3, 0.4) is 0 Å². The molecule has 8 nitrogen and oxygen atoms in total. The van der Waals surface area contributed by atoms with Gasteiger partial charge in [0.15, 0.2) is 0 Å². The summed E-state index contributed by atoms with van der Waals surface area (Å²) in [4.78, 5) is 21.9. The highest BCUT2D eigenvalue weighted by Gasteiger charge is 2.18. The van der Waals surface area contributed by atoms with Gasteiger partial charge in [0, 0.05) is 33.8 Å². The molecule has 1 N–H and O–H groups in total. The van der Waals surface area contributed by atoms with E-state index in [1.807, 2.05) is 50.4 Å². The molecule has 0 fully saturated rings. The first-order valence-electron chi connectivity index (χ1n) is 10.0. The number of nitrogens with one attached hydrogen (secondary N) is 1. The van der Waals surface area contributed by atoms with Gasteiger partial charge in [-0.1, -0.05) is 30.0 Å². The smallest absolute Gasteiger partial charge is 0.253 e. The zero-order chi connectivity index (χ0) is 22.4. The Kier molecular flexibility index (Phi) is 4.97. The Hall–Kier alpha value is -3.59. The Labute approximate surface area is 188 Å². The van der Waals surface area contributed by atoms with E-state index < -0.39 is 0 Å². The Morgan fingerprint density at radius 2 is 1.97 bits per heavy atom. The van der Waals surface area contributed by atoms with Gasteiger partial charge in [-0.2, -0.15) is 4.98 Å². The second kappa shape index (κ2) is 7.83. The number of carbonyl (C=O) groups is 1. The molecule has 0 atom stereocenters. The molecule has 0 aliphatic heterocycles. The van der Waals surface area contributed by atoms with Gasteiger partial charge in [-0.25, -0.2) is 9.50 Å².